The van der Waals surface area contributed by atoms with Crippen molar-refractivity contribution in [3.8, 4) is 11.8 Å². The molecule has 0 atom stereocenters. The molecule has 0 unspecified atom stereocenters. The summed E-state index contributed by atoms with van der Waals surface area (Å²) in [6, 6.07) is 7.77. The molecule has 0 aromatic heterocycles. The predicted octanol–water partition coefficient (Wildman–Crippen LogP) is 3.08. The summed E-state index contributed by atoms with van der Waals surface area (Å²) in [5, 5.41) is 0. The predicted molar refractivity (Wildman–Crippen MR) is 119 cm³/mol. The summed E-state index contributed by atoms with van der Waals surface area (Å²) in [5.74, 6) is 5.72. The van der Waals surface area contributed by atoms with Crippen LogP contribution in [0.15, 0.2) is 24.3 Å². The number of fused-ring (bicyclic) bond motifs is 1. The zero-order valence-corrected chi connectivity index (χ0v) is 18.3. The Balaban J connectivity index is 0.00000150. The van der Waals surface area contributed by atoms with Crippen LogP contribution in [0.2, 0.25) is 0 Å². The van der Waals surface area contributed by atoms with Crippen LogP contribution >= 0.6 is 24.8 Å². The van der Waals surface area contributed by atoms with E-state index >= 15 is 0 Å². The van der Waals surface area contributed by atoms with E-state index in [4.69, 9.17) is 0 Å². The highest BCUT2D eigenvalue weighted by Crippen LogP contribution is 2.23. The van der Waals surface area contributed by atoms with Crippen molar-refractivity contribution in [3.63, 3.8) is 0 Å². The Hall–Kier alpha value is -1.58. The maximum atomic E-state index is 12.3. The fraction of sp³-hybridized carbons (Fsp3) is 0.545. The van der Waals surface area contributed by atoms with Crippen molar-refractivity contribution in [2.24, 2.45) is 0 Å². The summed E-state index contributed by atoms with van der Waals surface area (Å²) in [5.41, 5.74) is 0.978. The van der Waals surface area contributed by atoms with Crippen LogP contribution in [0.1, 0.15) is 52.8 Å². The highest BCUT2D eigenvalue weighted by atomic mass is 35.5. The van der Waals surface area contributed by atoms with Crippen LogP contribution in [-0.2, 0) is 0 Å². The second-order valence-electron chi connectivity index (χ2n) is 7.70. The van der Waals surface area contributed by atoms with Gasteiger partial charge >= 0.3 is 0 Å². The molecule has 1 saturated carbocycles. The minimum absolute atomic E-state index is 0. The van der Waals surface area contributed by atoms with Gasteiger partial charge in [0.1, 0.15) is 0 Å². The highest BCUT2D eigenvalue weighted by molar-refractivity contribution is 6.21. The molecule has 5 nitrogen and oxygen atoms in total. The lowest BCUT2D eigenvalue weighted by atomic mass is 9.94. The molecule has 4 rings (SSSR count). The molecule has 158 valence electrons. The van der Waals surface area contributed by atoms with Crippen LogP contribution in [-0.4, -0.2) is 71.8 Å². The number of piperazine rings is 1. The van der Waals surface area contributed by atoms with Crippen molar-refractivity contribution < 1.29 is 9.59 Å². The van der Waals surface area contributed by atoms with Crippen molar-refractivity contribution in [1.29, 1.82) is 0 Å². The summed E-state index contributed by atoms with van der Waals surface area (Å²) >= 11 is 0. The molecule has 2 fully saturated rings. The first-order valence-electron chi connectivity index (χ1n) is 10.1. The molecule has 0 N–H and O–H groups in total. The molecule has 1 aromatic rings. The minimum atomic E-state index is -0.231. The zero-order chi connectivity index (χ0) is 18.6. The lowest BCUT2D eigenvalue weighted by molar-refractivity contribution is 0.0674. The van der Waals surface area contributed by atoms with E-state index in [1.807, 2.05) is 0 Å². The van der Waals surface area contributed by atoms with Gasteiger partial charge in [0.05, 0.1) is 24.2 Å². The van der Waals surface area contributed by atoms with Crippen molar-refractivity contribution in [2.75, 3.05) is 39.3 Å². The van der Waals surface area contributed by atoms with E-state index in [2.05, 4.69) is 21.6 Å². The lowest BCUT2D eigenvalue weighted by Crippen LogP contribution is -2.50. The maximum Gasteiger partial charge on any atom is 0.262 e. The quantitative estimate of drug-likeness (QED) is 0.538. The fourth-order valence-electron chi connectivity index (χ4n) is 4.42. The molecule has 3 aliphatic rings. The monoisotopic (exact) mass is 437 g/mol. The topological polar surface area (TPSA) is 43.9 Å². The molecule has 0 spiro atoms. The van der Waals surface area contributed by atoms with E-state index in [9.17, 15) is 9.59 Å². The highest BCUT2D eigenvalue weighted by Gasteiger charge is 2.34. The van der Waals surface area contributed by atoms with E-state index in [-0.39, 0.29) is 43.2 Å². The number of imide groups is 1. The van der Waals surface area contributed by atoms with Gasteiger partial charge in [0.2, 0.25) is 0 Å². The molecule has 2 amide bonds. The average Bonchev–Trinajstić information content (AvgIpc) is 2.97. The molecule has 2 aliphatic heterocycles. The number of rotatable bonds is 3. The van der Waals surface area contributed by atoms with Gasteiger partial charge in [-0.1, -0.05) is 43.2 Å². The zero-order valence-electron chi connectivity index (χ0n) is 16.6. The average molecular weight is 438 g/mol. The van der Waals surface area contributed by atoms with Gasteiger partial charge in [-0.3, -0.25) is 24.3 Å². The third-order valence-electron chi connectivity index (χ3n) is 6.04. The lowest BCUT2D eigenvalue weighted by Gasteiger charge is -2.40. The number of carbonyl (C=O) groups is 2. The molecule has 1 saturated heterocycles. The van der Waals surface area contributed by atoms with Gasteiger partial charge in [-0.05, 0) is 25.0 Å². The molecule has 2 heterocycles. The number of nitrogens with zero attached hydrogens (tertiary/aromatic N) is 3. The normalized spacial score (nSPS) is 20.3. The SMILES string of the molecule is Cl.Cl.O=C1c2ccccc2C(=O)N1CC#CCN1CCN(C2CCCCC2)CC1. The Kier molecular flexibility index (Phi) is 8.98. The standard InChI is InChI=1S/C22H27N3O2.2ClH/c26-21-19-10-4-5-11-20(19)22(27)25(21)13-7-6-12-23-14-16-24(17-15-23)18-8-2-1-3-9-18;;/h4-5,10-11,18H,1-3,8-9,12-17H2;2*1H. The fourth-order valence-corrected chi connectivity index (χ4v) is 4.42. The first kappa shape index (κ1) is 23.7. The molecule has 1 aliphatic carbocycles. The van der Waals surface area contributed by atoms with Crippen molar-refractivity contribution >= 4 is 36.6 Å². The van der Waals surface area contributed by atoms with Gasteiger partial charge in [0.25, 0.3) is 11.8 Å². The second-order valence-corrected chi connectivity index (χ2v) is 7.70. The summed E-state index contributed by atoms with van der Waals surface area (Å²) < 4.78 is 0. The third kappa shape index (κ3) is 5.32. The van der Waals surface area contributed by atoms with E-state index < -0.39 is 0 Å². The van der Waals surface area contributed by atoms with Gasteiger partial charge in [0, 0.05) is 32.2 Å². The largest absolute Gasteiger partial charge is 0.298 e. The summed E-state index contributed by atoms with van der Waals surface area (Å²) in [6.45, 7) is 5.25. The van der Waals surface area contributed by atoms with E-state index in [1.165, 1.54) is 37.0 Å². The molecular weight excluding hydrogens is 409 g/mol. The van der Waals surface area contributed by atoms with Crippen LogP contribution < -0.4 is 0 Å². The van der Waals surface area contributed by atoms with Gasteiger partial charge in [-0.15, -0.1) is 24.8 Å². The summed E-state index contributed by atoms with van der Waals surface area (Å²) in [4.78, 5) is 30.9. The summed E-state index contributed by atoms with van der Waals surface area (Å²) in [6.07, 6.45) is 6.89. The van der Waals surface area contributed by atoms with Crippen LogP contribution in [0.3, 0.4) is 0 Å². The second kappa shape index (κ2) is 11.0. The Labute approximate surface area is 185 Å². The number of benzene rings is 1. The van der Waals surface area contributed by atoms with Gasteiger partial charge in [0.15, 0.2) is 0 Å². The Bertz CT molecular complexity index is 741. The third-order valence-corrected chi connectivity index (χ3v) is 6.04. The molecule has 29 heavy (non-hydrogen) atoms. The number of halogens is 2. The van der Waals surface area contributed by atoms with Crippen LogP contribution in [0, 0.1) is 11.8 Å². The number of carbonyl (C=O) groups excluding carboxylic acids is 2. The molecule has 1 aromatic carbocycles. The molecule has 0 radical (unpaired) electrons. The number of hydrogen-bond acceptors (Lipinski definition) is 4. The van der Waals surface area contributed by atoms with Crippen molar-refractivity contribution in [1.82, 2.24) is 14.7 Å². The van der Waals surface area contributed by atoms with E-state index in [0.717, 1.165) is 32.2 Å². The number of hydrogen-bond donors (Lipinski definition) is 0. The molecular formula is C22H29Cl2N3O2. The minimum Gasteiger partial charge on any atom is -0.298 e. The van der Waals surface area contributed by atoms with Crippen LogP contribution in [0.5, 0.6) is 0 Å². The first-order valence-corrected chi connectivity index (χ1v) is 10.1. The van der Waals surface area contributed by atoms with Gasteiger partial charge < -0.3 is 0 Å². The van der Waals surface area contributed by atoms with Crippen molar-refractivity contribution in [3.05, 3.63) is 35.4 Å². The Morgan fingerprint density at radius 2 is 1.34 bits per heavy atom. The van der Waals surface area contributed by atoms with Crippen molar-refractivity contribution in [2.45, 2.75) is 38.1 Å². The Morgan fingerprint density at radius 1 is 0.793 bits per heavy atom. The Morgan fingerprint density at radius 3 is 1.93 bits per heavy atom. The smallest absolute Gasteiger partial charge is 0.262 e. The van der Waals surface area contributed by atoms with Gasteiger partial charge in [-0.2, -0.15) is 0 Å². The first-order chi connectivity index (χ1) is 13.2. The van der Waals surface area contributed by atoms with Crippen LogP contribution in [0.25, 0.3) is 0 Å². The molecule has 0 bridgehead atoms. The number of amides is 2. The summed E-state index contributed by atoms with van der Waals surface area (Å²) in [7, 11) is 0. The van der Waals surface area contributed by atoms with E-state index in [1.54, 1.807) is 24.3 Å². The molecule has 7 heteroatoms. The van der Waals surface area contributed by atoms with E-state index in [0.29, 0.717) is 17.7 Å². The van der Waals surface area contributed by atoms with Crippen LogP contribution in [0.4, 0.5) is 0 Å². The van der Waals surface area contributed by atoms with Gasteiger partial charge in [-0.25, -0.2) is 0 Å². The maximum absolute atomic E-state index is 12.3.